The first kappa shape index (κ1) is 103. The van der Waals surface area contributed by atoms with E-state index in [1.165, 1.54) is 60.7 Å². The van der Waals surface area contributed by atoms with Crippen molar-refractivity contribution >= 4 is 116 Å². The molecule has 0 aliphatic heterocycles. The minimum absolute atomic E-state index is 0.00226. The summed E-state index contributed by atoms with van der Waals surface area (Å²) in [5.41, 5.74) is 48.4. The largest absolute Gasteiger partial charge is 0.508 e. The van der Waals surface area contributed by atoms with Gasteiger partial charge in [0.25, 0.3) is 5.91 Å². The Bertz CT molecular complexity index is 5270. The van der Waals surface area contributed by atoms with Gasteiger partial charge in [-0.2, -0.15) is 0 Å². The molecule has 6 aromatic carbocycles. The van der Waals surface area contributed by atoms with Crippen LogP contribution < -0.4 is 104 Å². The van der Waals surface area contributed by atoms with Gasteiger partial charge in [-0.1, -0.05) is 91.0 Å². The van der Waals surface area contributed by atoms with Crippen LogP contribution in [-0.4, -0.2) is 219 Å². The lowest BCUT2D eigenvalue weighted by atomic mass is 9.80. The molecule has 0 radical (unpaired) electrons. The first-order chi connectivity index (χ1) is 63.6. The topological polar surface area (TPSA) is 648 Å². The second kappa shape index (κ2) is 53.3. The lowest BCUT2D eigenvalue weighted by Gasteiger charge is -2.28. The summed E-state index contributed by atoms with van der Waals surface area (Å²) < 4.78 is 0. The molecule has 0 aliphatic carbocycles. The third-order valence-electron chi connectivity index (χ3n) is 23.2. The van der Waals surface area contributed by atoms with Crippen molar-refractivity contribution in [1.29, 1.82) is 0 Å². The van der Waals surface area contributed by atoms with Gasteiger partial charge in [0.15, 0.2) is 0 Å². The molecule has 11 atom stereocenters. The zero-order chi connectivity index (χ0) is 95.0. The van der Waals surface area contributed by atoms with Gasteiger partial charge < -0.3 is 134 Å². The fourth-order valence-corrected chi connectivity index (χ4v) is 15.6. The van der Waals surface area contributed by atoms with E-state index in [1.807, 2.05) is 48.5 Å². The van der Waals surface area contributed by atoms with Gasteiger partial charge in [-0.15, -0.1) is 0 Å². The molecule has 38 heteroatoms. The second-order valence-corrected chi connectivity index (χ2v) is 33.3. The molecule has 0 saturated heterocycles. The Morgan fingerprint density at radius 1 is 0.311 bits per heavy atom. The summed E-state index contributed by atoms with van der Waals surface area (Å²) in [7, 11) is -1.79. The number of phenolic OH excluding ortho intramolecular Hbond substituents is 2. The molecule has 708 valence electrons. The fraction of sp³-hybridized carbons (Fsp3) is 0.426. The number of nitrogens with one attached hydrogen (secondary N) is 14. The van der Waals surface area contributed by atoms with E-state index in [2.05, 4.69) is 73.4 Å². The lowest BCUT2D eigenvalue weighted by Crippen LogP contribution is -2.60. The number of primary amides is 1. The van der Waals surface area contributed by atoms with E-state index < -0.39 is 144 Å². The van der Waals surface area contributed by atoms with Crippen LogP contribution in [0.25, 0.3) is 32.7 Å². The molecule has 32 N–H and O–H groups in total. The normalized spacial score (nSPS) is 13.8. The molecule has 0 saturated carbocycles. The monoisotopic (exact) mass is 1820 g/mol. The number of unbranched alkanes of at least 4 members (excludes halogenated alkanes) is 6. The number of carbonyl (C=O) groups is 12. The summed E-state index contributed by atoms with van der Waals surface area (Å²) in [5, 5.41) is 73.4. The molecule has 0 unspecified atom stereocenters. The van der Waals surface area contributed by atoms with Crippen LogP contribution in [0.5, 0.6) is 11.5 Å². The van der Waals surface area contributed by atoms with Crippen molar-refractivity contribution in [3.05, 3.63) is 198 Å². The van der Waals surface area contributed by atoms with Crippen LogP contribution in [0.3, 0.4) is 0 Å². The SMILES string of the molecule is NCCCC[C@H](NC(=O)[C@H](CCCCN)NC(=O)[C@@H](N)Cc1c[nH]c2ccccc12)C(=O)NCCCC[C@H](NC(=O)[C@H](CCCCN)NC(=O)[C@H](CCCCN)NC(=O)[C@@H](N)Cc1c[nH]c2ccccc12)C(=O)N[C@@H](CCCCNC(=O)c1ccc(B(O)O)cc1)C(=O)N[C@@H](Cc1ccc(O)cc1)C(=O)N[C@@H](Cc1c[nH]c2ccccc12)C(=O)N[C@@H](Cc1ccc(O)cc1)C(N)=O. The highest BCUT2D eigenvalue weighted by Crippen LogP contribution is 2.25. The number of aromatic hydroxyl groups is 2. The number of fused-ring (bicyclic) bond motifs is 3. The minimum Gasteiger partial charge on any atom is -0.508 e. The van der Waals surface area contributed by atoms with Gasteiger partial charge in [0, 0.05) is 89.2 Å². The quantitative estimate of drug-likeness (QED) is 0.0184. The molecule has 0 bridgehead atoms. The van der Waals surface area contributed by atoms with Crippen molar-refractivity contribution in [2.75, 3.05) is 39.3 Å². The number of H-pyrrole nitrogens is 3. The van der Waals surface area contributed by atoms with Crippen LogP contribution in [0.4, 0.5) is 0 Å². The van der Waals surface area contributed by atoms with E-state index in [4.69, 9.17) is 40.1 Å². The van der Waals surface area contributed by atoms with Crippen molar-refractivity contribution in [3.63, 3.8) is 0 Å². The number of aromatic amines is 3. The Balaban J connectivity index is 1.01. The van der Waals surface area contributed by atoms with Crippen LogP contribution >= 0.6 is 0 Å². The summed E-state index contributed by atoms with van der Waals surface area (Å²) in [6.45, 7) is 0.971. The molecule has 37 nitrogen and oxygen atoms in total. The summed E-state index contributed by atoms with van der Waals surface area (Å²) >= 11 is 0. The number of hydrogen-bond acceptors (Lipinski definition) is 22. The number of rotatable bonds is 58. The predicted molar refractivity (Wildman–Crippen MR) is 503 cm³/mol. The van der Waals surface area contributed by atoms with E-state index in [-0.39, 0.29) is 158 Å². The van der Waals surface area contributed by atoms with Crippen LogP contribution in [0, 0.1) is 0 Å². The van der Waals surface area contributed by atoms with E-state index in [9.17, 15) is 58.6 Å². The van der Waals surface area contributed by atoms with Gasteiger partial charge in [-0.05, 0) is 242 Å². The number of aromatic nitrogens is 3. The van der Waals surface area contributed by atoms with Crippen molar-refractivity contribution in [2.24, 2.45) is 40.1 Å². The Morgan fingerprint density at radius 3 is 0.947 bits per heavy atom. The Morgan fingerprint density at radius 2 is 0.598 bits per heavy atom. The average molecular weight is 1820 g/mol. The number of amides is 12. The van der Waals surface area contributed by atoms with Crippen LogP contribution in [0.2, 0.25) is 0 Å². The highest BCUT2D eigenvalue weighted by atomic mass is 16.4. The van der Waals surface area contributed by atoms with Gasteiger partial charge in [0.2, 0.25) is 65.0 Å². The summed E-state index contributed by atoms with van der Waals surface area (Å²) in [6, 6.07) is 24.6. The highest BCUT2D eigenvalue weighted by molar-refractivity contribution is 6.58. The molecular formula is C94H128BN21O16. The Hall–Kier alpha value is -13.1. The van der Waals surface area contributed by atoms with Crippen molar-refractivity contribution in [1.82, 2.24) is 73.4 Å². The van der Waals surface area contributed by atoms with Crippen molar-refractivity contribution < 1.29 is 77.8 Å². The molecule has 12 amide bonds. The second-order valence-electron chi connectivity index (χ2n) is 33.3. The fourth-order valence-electron chi connectivity index (χ4n) is 15.6. The standard InChI is InChI=1S/C94H128BN21O16/c96-43-13-7-25-74(110-88(124)75(26-8-14-44-97)108-85(121)69(100)51-60-54-105-71-22-4-1-19-66(60)71)87(123)104-48-18-12-29-78(112-90(126)77(28-10-16-46-99)111-89(125)76(27-9-15-45-98)109-86(122)70(101)52-61-55-106-72-23-5-2-20-67(61)72)91(127)113-79(30-11-17-47-103-84(120)59-35-37-63(38-36-59)95(131)132)92(128)115-81(50-58-33-41-65(118)42-34-58)93(129)116-82(53-62-56-107-73-24-6-3-21-68(62)73)94(130)114-80(83(102)119)49-57-31-39-64(117)40-32-57/h1-6,19-24,31-42,54-56,69-70,74-82,105-107,117-118,131-132H,7-18,25-30,43-53,96-101H2,(H2,102,119)(H,103,120)(H,104,123)(H,108,121)(H,109,122)(H,110,124)(H,111,125)(H,112,126)(H,113,127)(H,114,130)(H,115,128)(H,116,129)/t69-,70-,74-,75-,76-,77-,78-,79-,80-,81-,82-/m0/s1. The van der Waals surface area contributed by atoms with Crippen LogP contribution in [-0.2, 0) is 84.8 Å². The zero-order valence-electron chi connectivity index (χ0n) is 74.3. The maximum Gasteiger partial charge on any atom is 0.488 e. The van der Waals surface area contributed by atoms with Crippen LogP contribution in [0.15, 0.2) is 164 Å². The molecule has 3 aromatic heterocycles. The van der Waals surface area contributed by atoms with Gasteiger partial charge in [0.05, 0.1) is 12.1 Å². The van der Waals surface area contributed by atoms with Crippen molar-refractivity contribution in [3.8, 4) is 11.5 Å². The number of carbonyl (C=O) groups excluding carboxylic acids is 12. The van der Waals surface area contributed by atoms with Gasteiger partial charge in [-0.3, -0.25) is 57.5 Å². The summed E-state index contributed by atoms with van der Waals surface area (Å²) in [5.74, 6) is -9.50. The number of benzene rings is 6. The maximum atomic E-state index is 15.7. The summed E-state index contributed by atoms with van der Waals surface area (Å²) in [6.07, 6.45) is 8.44. The minimum atomic E-state index is -1.79. The molecular weight excluding hydrogens is 1690 g/mol. The van der Waals surface area contributed by atoms with E-state index in [0.717, 1.165) is 32.9 Å². The first-order valence-electron chi connectivity index (χ1n) is 45.2. The first-order valence-corrected chi connectivity index (χ1v) is 45.2. The molecule has 0 fully saturated rings. The van der Waals surface area contributed by atoms with Crippen molar-refractivity contribution in [2.45, 2.75) is 214 Å². The molecule has 3 heterocycles. The Kier molecular flexibility index (Phi) is 41.4. The highest BCUT2D eigenvalue weighted by Gasteiger charge is 2.37. The molecule has 9 rings (SSSR count). The third-order valence-corrected chi connectivity index (χ3v) is 23.2. The number of hydrogen-bond donors (Lipinski definition) is 25. The number of nitrogens with two attached hydrogens (primary N) is 7. The van der Waals surface area contributed by atoms with E-state index in [1.54, 1.807) is 55.0 Å². The smallest absolute Gasteiger partial charge is 0.488 e. The lowest BCUT2D eigenvalue weighted by molar-refractivity contribution is -0.136. The number of para-hydroxylation sites is 3. The van der Waals surface area contributed by atoms with E-state index >= 15 is 19.2 Å². The average Bonchev–Trinajstić information content (AvgIpc) is 1.71. The van der Waals surface area contributed by atoms with E-state index in [0.29, 0.717) is 79.1 Å². The summed E-state index contributed by atoms with van der Waals surface area (Å²) in [4.78, 5) is 185. The number of phenols is 2. The Labute approximate surface area is 766 Å². The molecule has 0 aliphatic rings. The predicted octanol–water partition coefficient (Wildman–Crippen LogP) is 0.641. The maximum absolute atomic E-state index is 15.7. The van der Waals surface area contributed by atoms with Gasteiger partial charge in [0.1, 0.15) is 65.9 Å². The zero-order valence-corrected chi connectivity index (χ0v) is 74.3. The molecule has 132 heavy (non-hydrogen) atoms. The molecule has 9 aromatic rings. The van der Waals surface area contributed by atoms with Crippen LogP contribution in [0.1, 0.15) is 154 Å². The third kappa shape index (κ3) is 32.2. The van der Waals surface area contributed by atoms with Gasteiger partial charge >= 0.3 is 7.12 Å². The van der Waals surface area contributed by atoms with Gasteiger partial charge in [-0.25, -0.2) is 0 Å². The molecule has 0 spiro atoms.